The van der Waals surface area contributed by atoms with Crippen LogP contribution in [-0.4, -0.2) is 29.1 Å². The topological polar surface area (TPSA) is 105 Å². The number of rotatable bonds is 5. The van der Waals surface area contributed by atoms with Crippen molar-refractivity contribution in [2.45, 2.75) is 6.92 Å². The van der Waals surface area contributed by atoms with Gasteiger partial charge in [0.15, 0.2) is 0 Å². The highest BCUT2D eigenvalue weighted by Crippen LogP contribution is 2.29. The molecule has 140 valence electrons. The molecule has 0 aliphatic carbocycles. The van der Waals surface area contributed by atoms with Gasteiger partial charge in [0.1, 0.15) is 5.82 Å². The molecule has 2 aromatic carbocycles. The molecule has 0 saturated heterocycles. The number of urea groups is 1. The third-order valence-corrected chi connectivity index (χ3v) is 4.39. The van der Waals surface area contributed by atoms with Gasteiger partial charge in [0.25, 0.3) is 0 Å². The molecule has 0 radical (unpaired) electrons. The Morgan fingerprint density at radius 2 is 1.78 bits per heavy atom. The van der Waals surface area contributed by atoms with E-state index >= 15 is 0 Å². The fraction of sp³-hybridized carbons (Fsp3) is 0.167. The van der Waals surface area contributed by atoms with Crippen molar-refractivity contribution < 1.29 is 4.79 Å². The first-order valence-electron chi connectivity index (χ1n) is 8.21. The molecule has 5 N–H and O–H groups in total. The first kappa shape index (κ1) is 19.2. The lowest BCUT2D eigenvalue weighted by Crippen LogP contribution is -2.22. The Morgan fingerprint density at radius 3 is 2.52 bits per heavy atom. The van der Waals surface area contributed by atoms with Crippen LogP contribution in [0.5, 0.6) is 0 Å². The number of halogens is 2. The number of nitrogens with two attached hydrogens (primary N) is 1. The standard InChI is InChI=1S/C18H18Cl2N6O/c1-10-6-16(22-5-4-21)25-17(23-10)26-18(27)24-13-3-2-11-8-14(19)15(20)9-12(11)7-13/h2-3,6-9H,4-5,21H2,1H3,(H3,22,23,24,25,26,27). The summed E-state index contributed by atoms with van der Waals surface area (Å²) in [4.78, 5) is 20.7. The molecule has 1 heterocycles. The van der Waals surface area contributed by atoms with E-state index in [1.165, 1.54) is 0 Å². The van der Waals surface area contributed by atoms with Crippen molar-refractivity contribution in [3.05, 3.63) is 52.1 Å². The molecule has 7 nitrogen and oxygen atoms in total. The number of nitrogens with one attached hydrogen (secondary N) is 3. The molecule has 1 aromatic heterocycles. The number of fused-ring (bicyclic) bond motifs is 1. The number of carbonyl (C=O) groups excluding carboxylic acids is 1. The molecule has 9 heteroatoms. The summed E-state index contributed by atoms with van der Waals surface area (Å²) in [5.41, 5.74) is 6.80. The first-order valence-corrected chi connectivity index (χ1v) is 8.96. The van der Waals surface area contributed by atoms with E-state index < -0.39 is 6.03 Å². The van der Waals surface area contributed by atoms with E-state index in [-0.39, 0.29) is 5.95 Å². The van der Waals surface area contributed by atoms with Crippen molar-refractivity contribution in [3.8, 4) is 0 Å². The summed E-state index contributed by atoms with van der Waals surface area (Å²) in [6.07, 6.45) is 0. The molecule has 0 unspecified atom stereocenters. The van der Waals surface area contributed by atoms with Gasteiger partial charge in [-0.3, -0.25) is 5.32 Å². The lowest BCUT2D eigenvalue weighted by Gasteiger charge is -2.10. The second-order valence-electron chi connectivity index (χ2n) is 5.84. The summed E-state index contributed by atoms with van der Waals surface area (Å²) in [6.45, 7) is 2.87. The SMILES string of the molecule is Cc1cc(NCCN)nc(NC(=O)Nc2ccc3cc(Cl)c(Cl)cc3c2)n1. The van der Waals surface area contributed by atoms with Crippen LogP contribution < -0.4 is 21.7 Å². The third-order valence-electron chi connectivity index (χ3n) is 3.67. The molecule has 2 amide bonds. The summed E-state index contributed by atoms with van der Waals surface area (Å²) >= 11 is 12.1. The number of aromatic nitrogens is 2. The van der Waals surface area contributed by atoms with Crippen LogP contribution in [0.25, 0.3) is 10.8 Å². The molecule has 3 aromatic rings. The predicted molar refractivity (Wildman–Crippen MR) is 111 cm³/mol. The molecular weight excluding hydrogens is 387 g/mol. The maximum Gasteiger partial charge on any atom is 0.326 e. The van der Waals surface area contributed by atoms with Gasteiger partial charge >= 0.3 is 6.03 Å². The van der Waals surface area contributed by atoms with E-state index in [9.17, 15) is 4.79 Å². The molecular formula is C18H18Cl2N6O. The number of hydrogen-bond donors (Lipinski definition) is 4. The van der Waals surface area contributed by atoms with Crippen LogP contribution in [-0.2, 0) is 0 Å². The molecule has 0 atom stereocenters. The monoisotopic (exact) mass is 404 g/mol. The zero-order valence-corrected chi connectivity index (χ0v) is 16.0. The van der Waals surface area contributed by atoms with Crippen LogP contribution >= 0.6 is 23.2 Å². The maximum atomic E-state index is 12.3. The Bertz CT molecular complexity index is 995. The smallest absolute Gasteiger partial charge is 0.326 e. The molecule has 0 aliphatic rings. The summed E-state index contributed by atoms with van der Waals surface area (Å²) in [6, 6.07) is 10.3. The van der Waals surface area contributed by atoms with E-state index in [0.29, 0.717) is 34.6 Å². The minimum atomic E-state index is -0.454. The van der Waals surface area contributed by atoms with Gasteiger partial charge in [-0.05, 0) is 42.0 Å². The van der Waals surface area contributed by atoms with Gasteiger partial charge in [0.05, 0.1) is 10.0 Å². The Balaban J connectivity index is 1.73. The molecule has 3 rings (SSSR count). The van der Waals surface area contributed by atoms with Gasteiger partial charge < -0.3 is 16.4 Å². The maximum absolute atomic E-state index is 12.3. The number of carbonyl (C=O) groups is 1. The minimum absolute atomic E-state index is 0.197. The van der Waals surface area contributed by atoms with Crippen molar-refractivity contribution >= 4 is 57.5 Å². The van der Waals surface area contributed by atoms with E-state index in [4.69, 9.17) is 28.9 Å². The molecule has 0 bridgehead atoms. The van der Waals surface area contributed by atoms with Gasteiger partial charge in [-0.1, -0.05) is 29.3 Å². The zero-order chi connectivity index (χ0) is 19.4. The van der Waals surface area contributed by atoms with Gasteiger partial charge in [-0.2, -0.15) is 4.98 Å². The fourth-order valence-corrected chi connectivity index (χ4v) is 2.84. The number of amides is 2. The second-order valence-corrected chi connectivity index (χ2v) is 6.66. The number of hydrogen-bond acceptors (Lipinski definition) is 5. The van der Waals surface area contributed by atoms with Crippen molar-refractivity contribution in [1.29, 1.82) is 0 Å². The van der Waals surface area contributed by atoms with Crippen molar-refractivity contribution in [2.24, 2.45) is 5.73 Å². The lowest BCUT2D eigenvalue weighted by atomic mass is 10.1. The van der Waals surface area contributed by atoms with E-state index in [1.807, 2.05) is 19.1 Å². The van der Waals surface area contributed by atoms with Crippen LogP contribution in [0, 0.1) is 6.92 Å². The Hall–Kier alpha value is -2.61. The lowest BCUT2D eigenvalue weighted by molar-refractivity contribution is 0.262. The summed E-state index contributed by atoms with van der Waals surface area (Å²) < 4.78 is 0. The molecule has 27 heavy (non-hydrogen) atoms. The van der Waals surface area contributed by atoms with E-state index in [1.54, 1.807) is 24.3 Å². The average molecular weight is 405 g/mol. The van der Waals surface area contributed by atoms with E-state index in [2.05, 4.69) is 25.9 Å². The number of benzene rings is 2. The van der Waals surface area contributed by atoms with Crippen LogP contribution in [0.1, 0.15) is 5.69 Å². The zero-order valence-electron chi connectivity index (χ0n) is 14.5. The fourth-order valence-electron chi connectivity index (χ4n) is 2.50. The predicted octanol–water partition coefficient (Wildman–Crippen LogP) is 4.26. The van der Waals surface area contributed by atoms with Crippen LogP contribution in [0.3, 0.4) is 0 Å². The summed E-state index contributed by atoms with van der Waals surface area (Å²) in [5.74, 6) is 0.795. The van der Waals surface area contributed by atoms with Gasteiger partial charge in [-0.15, -0.1) is 0 Å². The number of nitrogens with zero attached hydrogens (tertiary/aromatic N) is 2. The molecule has 0 aliphatic heterocycles. The van der Waals surface area contributed by atoms with Gasteiger partial charge in [0.2, 0.25) is 5.95 Å². The minimum Gasteiger partial charge on any atom is -0.369 e. The summed E-state index contributed by atoms with van der Waals surface area (Å²) in [7, 11) is 0. The Labute approximate surface area is 166 Å². The average Bonchev–Trinajstić information content (AvgIpc) is 2.60. The van der Waals surface area contributed by atoms with Crippen molar-refractivity contribution in [2.75, 3.05) is 29.0 Å². The normalized spacial score (nSPS) is 10.7. The Kier molecular flexibility index (Phi) is 5.95. The third kappa shape index (κ3) is 4.97. The van der Waals surface area contributed by atoms with Crippen molar-refractivity contribution in [1.82, 2.24) is 9.97 Å². The highest BCUT2D eigenvalue weighted by atomic mass is 35.5. The van der Waals surface area contributed by atoms with Crippen LogP contribution in [0.4, 0.5) is 22.2 Å². The second kappa shape index (κ2) is 8.39. The largest absolute Gasteiger partial charge is 0.369 e. The van der Waals surface area contributed by atoms with Crippen LogP contribution in [0.15, 0.2) is 36.4 Å². The van der Waals surface area contributed by atoms with Gasteiger partial charge in [0, 0.05) is 30.5 Å². The van der Waals surface area contributed by atoms with Gasteiger partial charge in [-0.25, -0.2) is 9.78 Å². The van der Waals surface area contributed by atoms with Crippen molar-refractivity contribution in [3.63, 3.8) is 0 Å². The number of aryl methyl sites for hydroxylation is 1. The van der Waals surface area contributed by atoms with E-state index in [0.717, 1.165) is 16.5 Å². The molecule has 0 spiro atoms. The number of anilines is 3. The molecule has 0 fully saturated rings. The first-order chi connectivity index (χ1) is 12.9. The highest BCUT2D eigenvalue weighted by molar-refractivity contribution is 6.42. The Morgan fingerprint density at radius 1 is 1.04 bits per heavy atom. The summed E-state index contributed by atoms with van der Waals surface area (Å²) in [5, 5.41) is 11.2. The molecule has 0 saturated carbocycles. The quantitative estimate of drug-likeness (QED) is 0.508. The highest BCUT2D eigenvalue weighted by Gasteiger charge is 2.08. The van der Waals surface area contributed by atoms with Crippen LogP contribution in [0.2, 0.25) is 10.0 Å².